The van der Waals surface area contributed by atoms with Crippen LogP contribution in [0.4, 0.5) is 0 Å². The maximum atomic E-state index is 6.31. The second-order valence-corrected chi connectivity index (χ2v) is 6.05. The minimum absolute atomic E-state index is 0.388. The Balaban J connectivity index is 1.97. The third kappa shape index (κ3) is 4.20. The first-order valence-corrected chi connectivity index (χ1v) is 7.57. The first kappa shape index (κ1) is 14.8. The quantitative estimate of drug-likeness (QED) is 0.770. The lowest BCUT2D eigenvalue weighted by molar-refractivity contribution is 0.190. The second-order valence-electron chi connectivity index (χ2n) is 5.64. The molecule has 0 amide bonds. The van der Waals surface area contributed by atoms with Crippen molar-refractivity contribution in [2.24, 2.45) is 5.41 Å². The van der Waals surface area contributed by atoms with Crippen LogP contribution in [0.15, 0.2) is 24.3 Å². The fraction of sp³-hybridized carbons (Fsp3) is 0.625. The molecule has 1 aromatic carbocycles. The van der Waals surface area contributed by atoms with Crippen molar-refractivity contribution in [3.8, 4) is 0 Å². The summed E-state index contributed by atoms with van der Waals surface area (Å²) in [6.45, 7) is 2.78. The highest BCUT2D eigenvalue weighted by atomic mass is 35.5. The highest BCUT2D eigenvalue weighted by Gasteiger charge is 2.33. The molecular weight excluding hydrogens is 258 g/mol. The van der Waals surface area contributed by atoms with Crippen LogP contribution in [0.1, 0.15) is 31.2 Å². The molecule has 0 atom stereocenters. The molecule has 0 radical (unpaired) electrons. The van der Waals surface area contributed by atoms with Gasteiger partial charge in [0.2, 0.25) is 0 Å². The summed E-state index contributed by atoms with van der Waals surface area (Å²) < 4.78 is 5.09. The van der Waals surface area contributed by atoms with E-state index >= 15 is 0 Å². The van der Waals surface area contributed by atoms with Gasteiger partial charge in [0.1, 0.15) is 0 Å². The lowest BCUT2D eigenvalue weighted by Crippen LogP contribution is -2.35. The van der Waals surface area contributed by atoms with Crippen molar-refractivity contribution in [1.29, 1.82) is 0 Å². The van der Waals surface area contributed by atoms with Gasteiger partial charge in [0, 0.05) is 25.2 Å². The molecular formula is C16H24ClNO. The number of halogens is 1. The average Bonchev–Trinajstić information content (AvgIpc) is 2.87. The third-order valence-corrected chi connectivity index (χ3v) is 4.54. The van der Waals surface area contributed by atoms with Crippen molar-refractivity contribution in [1.82, 2.24) is 5.32 Å². The van der Waals surface area contributed by atoms with Crippen LogP contribution in [0.25, 0.3) is 0 Å². The van der Waals surface area contributed by atoms with Crippen molar-refractivity contribution in [2.75, 3.05) is 26.8 Å². The van der Waals surface area contributed by atoms with Crippen molar-refractivity contribution >= 4 is 11.6 Å². The Morgan fingerprint density at radius 1 is 1.26 bits per heavy atom. The summed E-state index contributed by atoms with van der Waals surface area (Å²) in [5.74, 6) is 0. The molecule has 0 saturated heterocycles. The fourth-order valence-electron chi connectivity index (χ4n) is 3.11. The molecule has 1 saturated carbocycles. The molecule has 0 unspecified atom stereocenters. The lowest BCUT2D eigenvalue weighted by atomic mass is 9.80. The number of rotatable bonds is 7. The Bertz CT molecular complexity index is 388. The summed E-state index contributed by atoms with van der Waals surface area (Å²) in [5.41, 5.74) is 1.68. The number of hydrogen-bond acceptors (Lipinski definition) is 2. The van der Waals surface area contributed by atoms with Gasteiger partial charge in [-0.2, -0.15) is 0 Å². The summed E-state index contributed by atoms with van der Waals surface area (Å²) >= 11 is 6.31. The molecule has 0 bridgehead atoms. The van der Waals surface area contributed by atoms with Gasteiger partial charge in [-0.25, -0.2) is 0 Å². The molecule has 0 spiro atoms. The predicted molar refractivity (Wildman–Crippen MR) is 80.8 cm³/mol. The standard InChI is InChI=1S/C16H24ClNO/c1-19-11-10-18-13-16(8-4-5-9-16)12-14-6-2-3-7-15(14)17/h2-3,6-7,18H,4-5,8-13H2,1H3. The molecule has 19 heavy (non-hydrogen) atoms. The Labute approximate surface area is 121 Å². The maximum absolute atomic E-state index is 6.31. The molecule has 0 heterocycles. The van der Waals surface area contributed by atoms with Crippen LogP contribution in [0, 0.1) is 5.41 Å². The summed E-state index contributed by atoms with van der Waals surface area (Å²) in [7, 11) is 1.75. The summed E-state index contributed by atoms with van der Waals surface area (Å²) in [5, 5.41) is 4.45. The average molecular weight is 282 g/mol. The maximum Gasteiger partial charge on any atom is 0.0587 e. The van der Waals surface area contributed by atoms with E-state index in [9.17, 15) is 0 Å². The molecule has 1 aliphatic rings. The van der Waals surface area contributed by atoms with E-state index < -0.39 is 0 Å². The minimum atomic E-state index is 0.388. The van der Waals surface area contributed by atoms with Gasteiger partial charge in [-0.1, -0.05) is 42.6 Å². The first-order valence-electron chi connectivity index (χ1n) is 7.19. The van der Waals surface area contributed by atoms with Crippen molar-refractivity contribution in [3.63, 3.8) is 0 Å². The Morgan fingerprint density at radius 3 is 2.68 bits per heavy atom. The van der Waals surface area contributed by atoms with Gasteiger partial charge in [-0.3, -0.25) is 0 Å². The van der Waals surface area contributed by atoms with Gasteiger partial charge in [0.25, 0.3) is 0 Å². The highest BCUT2D eigenvalue weighted by molar-refractivity contribution is 6.31. The number of ether oxygens (including phenoxy) is 1. The summed E-state index contributed by atoms with van der Waals surface area (Å²) in [4.78, 5) is 0. The first-order chi connectivity index (χ1) is 9.26. The van der Waals surface area contributed by atoms with Crippen LogP contribution >= 0.6 is 11.6 Å². The van der Waals surface area contributed by atoms with Gasteiger partial charge >= 0.3 is 0 Å². The number of hydrogen-bond donors (Lipinski definition) is 1. The fourth-order valence-corrected chi connectivity index (χ4v) is 3.32. The molecule has 1 N–H and O–H groups in total. The van der Waals surface area contributed by atoms with E-state index in [0.29, 0.717) is 5.41 Å². The highest BCUT2D eigenvalue weighted by Crippen LogP contribution is 2.41. The number of nitrogens with one attached hydrogen (secondary N) is 1. The van der Waals surface area contributed by atoms with Crippen LogP contribution in [0.5, 0.6) is 0 Å². The molecule has 106 valence electrons. The SMILES string of the molecule is COCCNCC1(Cc2ccccc2Cl)CCCC1. The monoisotopic (exact) mass is 281 g/mol. The minimum Gasteiger partial charge on any atom is -0.383 e. The Kier molecular flexibility index (Phi) is 5.68. The molecule has 1 fully saturated rings. The van der Waals surface area contributed by atoms with E-state index in [0.717, 1.165) is 31.1 Å². The third-order valence-electron chi connectivity index (χ3n) is 4.17. The van der Waals surface area contributed by atoms with Crippen molar-refractivity contribution in [2.45, 2.75) is 32.1 Å². The molecule has 0 aromatic heterocycles. The van der Waals surface area contributed by atoms with E-state index in [2.05, 4.69) is 17.4 Å². The van der Waals surface area contributed by atoms with Gasteiger partial charge < -0.3 is 10.1 Å². The van der Waals surface area contributed by atoms with Crippen LogP contribution < -0.4 is 5.32 Å². The van der Waals surface area contributed by atoms with Crippen molar-refractivity contribution in [3.05, 3.63) is 34.9 Å². The van der Waals surface area contributed by atoms with Crippen molar-refractivity contribution < 1.29 is 4.74 Å². The molecule has 1 aromatic rings. The topological polar surface area (TPSA) is 21.3 Å². The number of benzene rings is 1. The molecule has 3 heteroatoms. The van der Waals surface area contributed by atoms with Crippen LogP contribution in [-0.2, 0) is 11.2 Å². The van der Waals surface area contributed by atoms with Gasteiger partial charge in [0.05, 0.1) is 6.61 Å². The molecule has 1 aliphatic carbocycles. The van der Waals surface area contributed by atoms with E-state index in [-0.39, 0.29) is 0 Å². The van der Waals surface area contributed by atoms with Gasteiger partial charge in [0.15, 0.2) is 0 Å². The molecule has 2 rings (SSSR count). The summed E-state index contributed by atoms with van der Waals surface area (Å²) in [6, 6.07) is 8.25. The van der Waals surface area contributed by atoms with Gasteiger partial charge in [-0.05, 0) is 36.3 Å². The lowest BCUT2D eigenvalue weighted by Gasteiger charge is -2.30. The second kappa shape index (κ2) is 7.28. The zero-order chi connectivity index (χ0) is 13.6. The zero-order valence-corrected chi connectivity index (χ0v) is 12.5. The van der Waals surface area contributed by atoms with Gasteiger partial charge in [-0.15, -0.1) is 0 Å². The predicted octanol–water partition coefficient (Wildman–Crippen LogP) is 3.68. The van der Waals surface area contributed by atoms with Crippen LogP contribution in [-0.4, -0.2) is 26.8 Å². The van der Waals surface area contributed by atoms with E-state index in [4.69, 9.17) is 16.3 Å². The number of methoxy groups -OCH3 is 1. The van der Waals surface area contributed by atoms with E-state index in [1.165, 1.54) is 31.2 Å². The van der Waals surface area contributed by atoms with E-state index in [1.54, 1.807) is 7.11 Å². The zero-order valence-electron chi connectivity index (χ0n) is 11.8. The molecule has 2 nitrogen and oxygen atoms in total. The van der Waals surface area contributed by atoms with Crippen LogP contribution in [0.3, 0.4) is 0 Å². The van der Waals surface area contributed by atoms with E-state index in [1.807, 2.05) is 12.1 Å². The van der Waals surface area contributed by atoms with Crippen LogP contribution in [0.2, 0.25) is 5.02 Å². The molecule has 0 aliphatic heterocycles. The normalized spacial score (nSPS) is 17.8. The smallest absolute Gasteiger partial charge is 0.0587 e. The Hall–Kier alpha value is -0.570. The summed E-state index contributed by atoms with van der Waals surface area (Å²) in [6.07, 6.45) is 6.38. The largest absolute Gasteiger partial charge is 0.383 e. The Morgan fingerprint density at radius 2 is 2.00 bits per heavy atom.